The minimum Gasteiger partial charge on any atom is -0.496 e. The largest absolute Gasteiger partial charge is 0.496 e. The molecule has 2 aliphatic heterocycles. The molecule has 1 fully saturated rings. The second-order valence-electron chi connectivity index (χ2n) is 9.43. The number of nitrogens with zero attached hydrogens (tertiary/aromatic N) is 1. The summed E-state index contributed by atoms with van der Waals surface area (Å²) in [5.41, 5.74) is 8.32. The van der Waals surface area contributed by atoms with E-state index in [1.807, 2.05) is 42.5 Å². The summed E-state index contributed by atoms with van der Waals surface area (Å²) in [6.45, 7) is 0.837. The summed E-state index contributed by atoms with van der Waals surface area (Å²) in [6.07, 6.45) is 1.26. The van der Waals surface area contributed by atoms with Crippen molar-refractivity contribution in [1.82, 2.24) is 20.5 Å². The van der Waals surface area contributed by atoms with E-state index in [0.717, 1.165) is 16.5 Å². The number of nitrogens with two attached hydrogens (primary N) is 1. The molecule has 5 N–H and O–H groups in total. The number of nitrogens with one attached hydrogen (secondary N) is 3. The van der Waals surface area contributed by atoms with Gasteiger partial charge in [-0.3, -0.25) is 19.2 Å². The Morgan fingerprint density at radius 2 is 2.00 bits per heavy atom. The van der Waals surface area contributed by atoms with Crippen molar-refractivity contribution in [3.05, 3.63) is 65.4 Å². The number of fused-ring (bicyclic) bond motifs is 2. The lowest BCUT2D eigenvalue weighted by Gasteiger charge is -2.36. The van der Waals surface area contributed by atoms with E-state index in [1.165, 1.54) is 4.90 Å². The number of benzene rings is 2. The second kappa shape index (κ2) is 9.96. The Hall–Kier alpha value is -4.34. The van der Waals surface area contributed by atoms with Gasteiger partial charge in [-0.15, -0.1) is 0 Å². The first-order chi connectivity index (χ1) is 17.9. The Balaban J connectivity index is 1.46. The van der Waals surface area contributed by atoms with Crippen molar-refractivity contribution in [2.75, 3.05) is 20.2 Å². The average Bonchev–Trinajstić information content (AvgIpc) is 3.52. The number of rotatable bonds is 7. The standard InChI is InChI=1S/C27H29N5O5/c1-37-22-8-4-7-19-18(22)14-21(30-19)27(36)32-12-10-15-5-2-3-6-17(15)23(32)26(35)31-20(24(28)33)13-16-9-11-29-25(16)34/h2-8,14,16,20,23,30H,9-13H2,1H3,(H2,28,33)(H,29,34)(H,31,35)/t16-,20-,23?/m0/s1. The Bertz CT molecular complexity index is 1380. The first-order valence-electron chi connectivity index (χ1n) is 12.3. The maximum atomic E-state index is 13.8. The van der Waals surface area contributed by atoms with Crippen LogP contribution in [0.2, 0.25) is 0 Å². The molecule has 0 spiro atoms. The van der Waals surface area contributed by atoms with Gasteiger partial charge in [0.2, 0.25) is 17.7 Å². The molecule has 0 radical (unpaired) electrons. The molecule has 1 saturated heterocycles. The molecule has 3 aromatic rings. The normalized spacial score (nSPS) is 19.7. The lowest BCUT2D eigenvalue weighted by atomic mass is 9.91. The fraction of sp³-hybridized carbons (Fsp3) is 0.333. The summed E-state index contributed by atoms with van der Waals surface area (Å²) >= 11 is 0. The predicted octanol–water partition coefficient (Wildman–Crippen LogP) is 1.41. The summed E-state index contributed by atoms with van der Waals surface area (Å²) < 4.78 is 5.42. The zero-order chi connectivity index (χ0) is 26.1. The van der Waals surface area contributed by atoms with Crippen molar-refractivity contribution in [2.24, 2.45) is 11.7 Å². The van der Waals surface area contributed by atoms with E-state index >= 15 is 0 Å². The summed E-state index contributed by atoms with van der Waals surface area (Å²) in [5.74, 6) is -1.52. The highest BCUT2D eigenvalue weighted by Crippen LogP contribution is 2.33. The Morgan fingerprint density at radius 1 is 1.19 bits per heavy atom. The minimum atomic E-state index is -1.04. The Morgan fingerprint density at radius 3 is 2.73 bits per heavy atom. The van der Waals surface area contributed by atoms with Crippen molar-refractivity contribution in [2.45, 2.75) is 31.3 Å². The molecule has 0 bridgehead atoms. The number of methoxy groups -OCH3 is 1. The topological polar surface area (TPSA) is 147 Å². The third-order valence-corrected chi connectivity index (χ3v) is 7.21. The smallest absolute Gasteiger partial charge is 0.271 e. The minimum absolute atomic E-state index is 0.108. The lowest BCUT2D eigenvalue weighted by Crippen LogP contribution is -2.52. The van der Waals surface area contributed by atoms with E-state index in [2.05, 4.69) is 15.6 Å². The SMILES string of the molecule is COc1cccc2[nH]c(C(=O)N3CCc4ccccc4C3C(=O)N[C@@H](C[C@@H]3CCNC3=O)C(N)=O)cc12. The summed E-state index contributed by atoms with van der Waals surface area (Å²) in [7, 11) is 1.57. The quantitative estimate of drug-likeness (QED) is 0.385. The highest BCUT2D eigenvalue weighted by Gasteiger charge is 2.39. The molecule has 37 heavy (non-hydrogen) atoms. The first-order valence-corrected chi connectivity index (χ1v) is 12.3. The van der Waals surface area contributed by atoms with Gasteiger partial charge < -0.3 is 31.0 Å². The number of amides is 4. The number of carbonyl (C=O) groups excluding carboxylic acids is 4. The van der Waals surface area contributed by atoms with Crippen molar-refractivity contribution in [3.63, 3.8) is 0 Å². The molecule has 3 atom stereocenters. The number of primary amides is 1. The lowest BCUT2D eigenvalue weighted by molar-refractivity contribution is -0.132. The van der Waals surface area contributed by atoms with Crippen molar-refractivity contribution in [3.8, 4) is 5.75 Å². The van der Waals surface area contributed by atoms with Crippen LogP contribution in [0.3, 0.4) is 0 Å². The maximum absolute atomic E-state index is 13.8. The van der Waals surface area contributed by atoms with Crippen molar-refractivity contribution < 1.29 is 23.9 Å². The maximum Gasteiger partial charge on any atom is 0.271 e. The molecule has 2 aliphatic rings. The van der Waals surface area contributed by atoms with Crippen LogP contribution in [0, 0.1) is 5.92 Å². The van der Waals surface area contributed by atoms with Crippen LogP contribution in [0.5, 0.6) is 5.75 Å². The third kappa shape index (κ3) is 4.62. The van der Waals surface area contributed by atoms with Crippen molar-refractivity contribution >= 4 is 34.5 Å². The number of aromatic amines is 1. The van der Waals surface area contributed by atoms with E-state index in [-0.39, 0.29) is 18.2 Å². The second-order valence-corrected chi connectivity index (χ2v) is 9.43. The van der Waals surface area contributed by atoms with Gasteiger partial charge in [0.25, 0.3) is 5.91 Å². The van der Waals surface area contributed by atoms with Crippen LogP contribution in [-0.4, -0.2) is 59.8 Å². The average molecular weight is 504 g/mol. The van der Waals surface area contributed by atoms with Gasteiger partial charge in [0.15, 0.2) is 0 Å². The first kappa shape index (κ1) is 24.4. The molecule has 10 nitrogen and oxygen atoms in total. The predicted molar refractivity (Wildman–Crippen MR) is 136 cm³/mol. The van der Waals surface area contributed by atoms with E-state index in [1.54, 1.807) is 13.2 Å². The van der Waals surface area contributed by atoms with E-state index in [0.29, 0.717) is 42.9 Å². The van der Waals surface area contributed by atoms with Crippen LogP contribution in [0.4, 0.5) is 0 Å². The molecule has 10 heteroatoms. The fourth-order valence-electron chi connectivity index (χ4n) is 5.29. The van der Waals surface area contributed by atoms with Gasteiger partial charge in [-0.05, 0) is 48.6 Å². The Kier molecular flexibility index (Phi) is 6.56. The molecule has 3 heterocycles. The van der Waals surface area contributed by atoms with Crippen LogP contribution in [0.1, 0.15) is 40.5 Å². The number of hydrogen-bond donors (Lipinski definition) is 4. The fourth-order valence-corrected chi connectivity index (χ4v) is 5.29. The third-order valence-electron chi connectivity index (χ3n) is 7.21. The highest BCUT2D eigenvalue weighted by atomic mass is 16.5. The van der Waals surface area contributed by atoms with E-state index in [9.17, 15) is 19.2 Å². The zero-order valence-corrected chi connectivity index (χ0v) is 20.5. The molecule has 5 rings (SSSR count). The molecule has 1 aromatic heterocycles. The number of hydrogen-bond acceptors (Lipinski definition) is 5. The number of H-pyrrole nitrogens is 1. The van der Waals surface area contributed by atoms with Crippen LogP contribution >= 0.6 is 0 Å². The van der Waals surface area contributed by atoms with Crippen LogP contribution < -0.4 is 21.1 Å². The highest BCUT2D eigenvalue weighted by molar-refractivity contribution is 6.02. The van der Waals surface area contributed by atoms with Gasteiger partial charge in [0.05, 0.1) is 7.11 Å². The zero-order valence-electron chi connectivity index (χ0n) is 20.5. The molecule has 0 aliphatic carbocycles. The van der Waals surface area contributed by atoms with Crippen LogP contribution in [-0.2, 0) is 20.8 Å². The van der Waals surface area contributed by atoms with Crippen LogP contribution in [0.15, 0.2) is 48.5 Å². The number of aromatic nitrogens is 1. The summed E-state index contributed by atoms with van der Waals surface area (Å²) in [5, 5.41) is 6.23. The van der Waals surface area contributed by atoms with Gasteiger partial charge >= 0.3 is 0 Å². The van der Waals surface area contributed by atoms with E-state index < -0.39 is 29.8 Å². The molecular weight excluding hydrogens is 474 g/mol. The summed E-state index contributed by atoms with van der Waals surface area (Å²) in [4.78, 5) is 56.4. The number of carbonyl (C=O) groups is 4. The molecule has 1 unspecified atom stereocenters. The van der Waals surface area contributed by atoms with Gasteiger partial charge in [0.1, 0.15) is 23.5 Å². The van der Waals surface area contributed by atoms with Gasteiger partial charge in [-0.1, -0.05) is 30.3 Å². The molecule has 192 valence electrons. The molecule has 0 saturated carbocycles. The molecular formula is C27H29N5O5. The Labute approximate surface area is 213 Å². The monoisotopic (exact) mass is 503 g/mol. The molecule has 4 amide bonds. The summed E-state index contributed by atoms with van der Waals surface area (Å²) in [6, 6.07) is 12.7. The van der Waals surface area contributed by atoms with Crippen LogP contribution in [0.25, 0.3) is 10.9 Å². The van der Waals surface area contributed by atoms with Gasteiger partial charge in [0, 0.05) is 29.9 Å². The van der Waals surface area contributed by atoms with E-state index in [4.69, 9.17) is 10.5 Å². The molecule has 2 aromatic carbocycles. The van der Waals surface area contributed by atoms with Gasteiger partial charge in [-0.2, -0.15) is 0 Å². The van der Waals surface area contributed by atoms with Gasteiger partial charge in [-0.25, -0.2) is 0 Å². The number of ether oxygens (including phenoxy) is 1. The van der Waals surface area contributed by atoms with Crippen molar-refractivity contribution in [1.29, 1.82) is 0 Å².